The van der Waals surface area contributed by atoms with Gasteiger partial charge in [-0.3, -0.25) is 14.5 Å². The second-order valence-corrected chi connectivity index (χ2v) is 6.36. The Bertz CT molecular complexity index is 625. The minimum absolute atomic E-state index is 0.170. The molecule has 0 aromatic heterocycles. The Kier molecular flexibility index (Phi) is 4.07. The maximum absolute atomic E-state index is 12.7. The smallest absolute Gasteiger partial charge is 0.325 e. The minimum Gasteiger partial charge on any atom is -0.352 e. The Morgan fingerprint density at radius 3 is 2.57 bits per heavy atom. The van der Waals surface area contributed by atoms with Gasteiger partial charge in [-0.05, 0) is 25.3 Å². The van der Waals surface area contributed by atoms with E-state index in [2.05, 4.69) is 10.6 Å². The van der Waals surface area contributed by atoms with Crippen LogP contribution in [0.1, 0.15) is 38.2 Å². The Hall–Kier alpha value is -2.37. The molecular weight excluding hydrogens is 294 g/mol. The Labute approximate surface area is 135 Å². The first kappa shape index (κ1) is 15.5. The molecule has 6 heteroatoms. The molecule has 0 bridgehead atoms. The van der Waals surface area contributed by atoms with E-state index < -0.39 is 17.5 Å². The lowest BCUT2D eigenvalue weighted by Crippen LogP contribution is -2.45. The number of imide groups is 1. The lowest BCUT2D eigenvalue weighted by atomic mass is 9.92. The highest BCUT2D eigenvalue weighted by molar-refractivity contribution is 6.09. The predicted molar refractivity (Wildman–Crippen MR) is 84.4 cm³/mol. The zero-order valence-corrected chi connectivity index (χ0v) is 13.2. The molecule has 1 aromatic carbocycles. The largest absolute Gasteiger partial charge is 0.352 e. The summed E-state index contributed by atoms with van der Waals surface area (Å²) < 4.78 is 0. The summed E-state index contributed by atoms with van der Waals surface area (Å²) in [4.78, 5) is 37.9. The highest BCUT2D eigenvalue weighted by Gasteiger charge is 2.49. The van der Waals surface area contributed by atoms with Crippen LogP contribution in [0.15, 0.2) is 30.3 Å². The van der Waals surface area contributed by atoms with Gasteiger partial charge in [-0.15, -0.1) is 0 Å². The maximum Gasteiger partial charge on any atom is 0.325 e. The molecule has 0 radical (unpaired) electrons. The van der Waals surface area contributed by atoms with E-state index in [1.165, 1.54) is 0 Å². The summed E-state index contributed by atoms with van der Waals surface area (Å²) >= 11 is 0. The van der Waals surface area contributed by atoms with Gasteiger partial charge in [0.05, 0.1) is 0 Å². The van der Waals surface area contributed by atoms with E-state index in [1.54, 1.807) is 19.1 Å². The quantitative estimate of drug-likeness (QED) is 0.827. The van der Waals surface area contributed by atoms with E-state index in [9.17, 15) is 14.4 Å². The summed E-state index contributed by atoms with van der Waals surface area (Å²) in [6.45, 7) is 1.43. The molecule has 0 unspecified atom stereocenters. The first-order valence-corrected chi connectivity index (χ1v) is 8.00. The Morgan fingerprint density at radius 1 is 1.26 bits per heavy atom. The molecule has 1 saturated carbocycles. The van der Waals surface area contributed by atoms with Crippen molar-refractivity contribution in [2.45, 2.75) is 44.2 Å². The molecule has 2 fully saturated rings. The van der Waals surface area contributed by atoms with Gasteiger partial charge in [0.2, 0.25) is 5.91 Å². The van der Waals surface area contributed by atoms with Gasteiger partial charge < -0.3 is 10.6 Å². The Morgan fingerprint density at radius 2 is 1.91 bits per heavy atom. The van der Waals surface area contributed by atoms with Crippen LogP contribution < -0.4 is 10.6 Å². The number of hydrogen-bond donors (Lipinski definition) is 2. The van der Waals surface area contributed by atoms with Gasteiger partial charge in [0.1, 0.15) is 12.1 Å². The normalized spacial score (nSPS) is 24.8. The number of carbonyl (C=O) groups excluding carboxylic acids is 3. The van der Waals surface area contributed by atoms with E-state index in [-0.39, 0.29) is 18.5 Å². The van der Waals surface area contributed by atoms with Gasteiger partial charge in [-0.2, -0.15) is 0 Å². The fourth-order valence-electron chi connectivity index (χ4n) is 3.29. The molecule has 2 N–H and O–H groups in total. The molecule has 1 heterocycles. The van der Waals surface area contributed by atoms with Crippen LogP contribution in [0.4, 0.5) is 4.79 Å². The summed E-state index contributed by atoms with van der Waals surface area (Å²) in [6.07, 6.45) is 4.15. The summed E-state index contributed by atoms with van der Waals surface area (Å²) in [7, 11) is 0. The van der Waals surface area contributed by atoms with Crippen LogP contribution in [0.3, 0.4) is 0 Å². The molecule has 4 amide bonds. The molecule has 6 nitrogen and oxygen atoms in total. The van der Waals surface area contributed by atoms with Crippen LogP contribution in [-0.4, -0.2) is 35.3 Å². The SMILES string of the molecule is C[C@@]1(c2ccccc2)NC(=O)N(CC(=O)NC2CCCC2)C1=O. The predicted octanol–water partition coefficient (Wildman–Crippen LogP) is 1.51. The molecule has 122 valence electrons. The second kappa shape index (κ2) is 6.02. The van der Waals surface area contributed by atoms with E-state index in [1.807, 2.05) is 18.2 Å². The third kappa shape index (κ3) is 2.93. The molecule has 1 aliphatic carbocycles. The second-order valence-electron chi connectivity index (χ2n) is 6.36. The van der Waals surface area contributed by atoms with Crippen molar-refractivity contribution in [2.75, 3.05) is 6.54 Å². The third-order valence-corrected chi connectivity index (χ3v) is 4.65. The maximum atomic E-state index is 12.7. The van der Waals surface area contributed by atoms with Crippen molar-refractivity contribution in [3.05, 3.63) is 35.9 Å². The van der Waals surface area contributed by atoms with Crippen molar-refractivity contribution in [2.24, 2.45) is 0 Å². The fraction of sp³-hybridized carbons (Fsp3) is 0.471. The van der Waals surface area contributed by atoms with Gasteiger partial charge in [0.15, 0.2) is 0 Å². The van der Waals surface area contributed by atoms with Crippen molar-refractivity contribution in [1.82, 2.24) is 15.5 Å². The van der Waals surface area contributed by atoms with Crippen LogP contribution in [0.5, 0.6) is 0 Å². The average Bonchev–Trinajstić information content (AvgIpc) is 3.11. The molecule has 0 spiro atoms. The first-order chi connectivity index (χ1) is 11.0. The standard InChI is InChI=1S/C17H21N3O3/c1-17(12-7-3-2-4-8-12)15(22)20(16(23)19-17)11-14(21)18-13-9-5-6-10-13/h2-4,7-8,13H,5-6,9-11H2,1H3,(H,18,21)(H,19,23)/t17-/m0/s1. The average molecular weight is 315 g/mol. The van der Waals surface area contributed by atoms with Crippen molar-refractivity contribution in [1.29, 1.82) is 0 Å². The van der Waals surface area contributed by atoms with E-state index in [0.29, 0.717) is 5.56 Å². The molecule has 2 aliphatic rings. The summed E-state index contributed by atoms with van der Waals surface area (Å²) in [6, 6.07) is 8.71. The molecule has 1 aromatic rings. The number of hydrogen-bond acceptors (Lipinski definition) is 3. The van der Waals surface area contributed by atoms with E-state index in [0.717, 1.165) is 30.6 Å². The number of nitrogens with one attached hydrogen (secondary N) is 2. The van der Waals surface area contributed by atoms with Crippen LogP contribution in [0.25, 0.3) is 0 Å². The van der Waals surface area contributed by atoms with E-state index in [4.69, 9.17) is 0 Å². The highest BCUT2D eigenvalue weighted by atomic mass is 16.2. The fourth-order valence-corrected chi connectivity index (χ4v) is 3.29. The van der Waals surface area contributed by atoms with Gasteiger partial charge in [0.25, 0.3) is 5.91 Å². The van der Waals surface area contributed by atoms with Gasteiger partial charge in [-0.25, -0.2) is 4.79 Å². The number of rotatable bonds is 4. The summed E-state index contributed by atoms with van der Waals surface area (Å²) in [5, 5.41) is 5.60. The molecule has 23 heavy (non-hydrogen) atoms. The van der Waals surface area contributed by atoms with Gasteiger partial charge in [-0.1, -0.05) is 43.2 Å². The molecular formula is C17H21N3O3. The van der Waals surface area contributed by atoms with Crippen LogP contribution in [0, 0.1) is 0 Å². The van der Waals surface area contributed by atoms with Crippen molar-refractivity contribution in [3.63, 3.8) is 0 Å². The minimum atomic E-state index is -1.12. The topological polar surface area (TPSA) is 78.5 Å². The van der Waals surface area contributed by atoms with Crippen LogP contribution in [0.2, 0.25) is 0 Å². The summed E-state index contributed by atoms with van der Waals surface area (Å²) in [5.74, 6) is -0.673. The van der Waals surface area contributed by atoms with E-state index >= 15 is 0 Å². The number of carbonyl (C=O) groups is 3. The first-order valence-electron chi connectivity index (χ1n) is 8.00. The third-order valence-electron chi connectivity index (χ3n) is 4.65. The van der Waals surface area contributed by atoms with Crippen molar-refractivity contribution >= 4 is 17.8 Å². The number of amides is 4. The van der Waals surface area contributed by atoms with Crippen LogP contribution in [-0.2, 0) is 15.1 Å². The highest BCUT2D eigenvalue weighted by Crippen LogP contribution is 2.28. The molecule has 1 saturated heterocycles. The number of urea groups is 1. The van der Waals surface area contributed by atoms with Crippen molar-refractivity contribution < 1.29 is 14.4 Å². The molecule has 3 rings (SSSR count). The zero-order valence-electron chi connectivity index (χ0n) is 13.2. The lowest BCUT2D eigenvalue weighted by Gasteiger charge is -2.22. The number of nitrogens with zero attached hydrogens (tertiary/aromatic N) is 1. The van der Waals surface area contributed by atoms with Crippen LogP contribution >= 0.6 is 0 Å². The number of benzene rings is 1. The Balaban J connectivity index is 1.70. The lowest BCUT2D eigenvalue weighted by molar-refractivity contribution is -0.135. The van der Waals surface area contributed by atoms with Crippen molar-refractivity contribution in [3.8, 4) is 0 Å². The molecule has 1 atom stereocenters. The molecule has 1 aliphatic heterocycles. The zero-order chi connectivity index (χ0) is 16.4. The van der Waals surface area contributed by atoms with Gasteiger partial charge in [0, 0.05) is 6.04 Å². The van der Waals surface area contributed by atoms with Gasteiger partial charge >= 0.3 is 6.03 Å². The monoisotopic (exact) mass is 315 g/mol. The summed E-state index contributed by atoms with van der Waals surface area (Å²) in [5.41, 5.74) is -0.413.